The number of aryl methyl sites for hydroxylation is 1. The van der Waals surface area contributed by atoms with E-state index in [0.29, 0.717) is 31.7 Å². The fourth-order valence-electron chi connectivity index (χ4n) is 3.74. The molecular formula is C21H22N4O2. The molecule has 4 rings (SSSR count). The molecule has 0 unspecified atom stereocenters. The lowest BCUT2D eigenvalue weighted by molar-refractivity contribution is 0.0747. The number of nitrogens with zero attached hydrogens (tertiary/aromatic N) is 3. The second-order valence-electron chi connectivity index (χ2n) is 6.79. The molecule has 0 atom stereocenters. The smallest absolute Gasteiger partial charge is 0.276 e. The minimum atomic E-state index is -0.188. The van der Waals surface area contributed by atoms with E-state index in [-0.39, 0.29) is 17.2 Å². The highest BCUT2D eigenvalue weighted by atomic mass is 16.2. The lowest BCUT2D eigenvalue weighted by Crippen LogP contribution is -2.49. The monoisotopic (exact) mass is 362 g/mol. The molecule has 1 aliphatic rings. The zero-order chi connectivity index (χ0) is 19.0. The standard InChI is InChI=1S/C21H22N4O2/c1-23-17-10-6-5-9-16(17)19(18(22)21(23)27)24-11-13-25(14-12-24)20(26)15-7-3-2-4-8-15/h2-10H,11-14,22H2,1H3. The van der Waals surface area contributed by atoms with Crippen molar-refractivity contribution in [1.29, 1.82) is 0 Å². The van der Waals surface area contributed by atoms with E-state index in [1.165, 1.54) is 0 Å². The third-order valence-corrected chi connectivity index (χ3v) is 5.21. The van der Waals surface area contributed by atoms with Gasteiger partial charge in [-0.25, -0.2) is 0 Å². The van der Waals surface area contributed by atoms with E-state index in [1.54, 1.807) is 11.6 Å². The van der Waals surface area contributed by atoms with Crippen LogP contribution < -0.4 is 16.2 Å². The number of aromatic nitrogens is 1. The van der Waals surface area contributed by atoms with E-state index in [1.807, 2.05) is 59.5 Å². The fraction of sp³-hybridized carbons (Fsp3) is 0.238. The Bertz CT molecular complexity index is 1050. The highest BCUT2D eigenvalue weighted by molar-refractivity contribution is 5.98. The van der Waals surface area contributed by atoms with Crippen molar-refractivity contribution in [3.8, 4) is 0 Å². The van der Waals surface area contributed by atoms with Crippen LogP contribution in [0.2, 0.25) is 0 Å². The molecule has 1 saturated heterocycles. The number of fused-ring (bicyclic) bond motifs is 1. The van der Waals surface area contributed by atoms with Gasteiger partial charge in [-0.2, -0.15) is 0 Å². The number of carbonyl (C=O) groups excluding carboxylic acids is 1. The second-order valence-corrected chi connectivity index (χ2v) is 6.79. The summed E-state index contributed by atoms with van der Waals surface area (Å²) in [5.74, 6) is 0.0389. The lowest BCUT2D eigenvalue weighted by atomic mass is 10.1. The lowest BCUT2D eigenvalue weighted by Gasteiger charge is -2.37. The Morgan fingerprint density at radius 1 is 0.926 bits per heavy atom. The number of nitrogens with two attached hydrogens (primary N) is 1. The highest BCUT2D eigenvalue weighted by Crippen LogP contribution is 2.31. The maximum absolute atomic E-state index is 12.7. The van der Waals surface area contributed by atoms with E-state index < -0.39 is 0 Å². The number of para-hydroxylation sites is 1. The van der Waals surface area contributed by atoms with Crippen molar-refractivity contribution < 1.29 is 4.79 Å². The van der Waals surface area contributed by atoms with E-state index in [2.05, 4.69) is 4.90 Å². The van der Waals surface area contributed by atoms with Gasteiger partial charge in [-0.1, -0.05) is 36.4 Å². The summed E-state index contributed by atoms with van der Waals surface area (Å²) >= 11 is 0. The van der Waals surface area contributed by atoms with Crippen LogP contribution in [0.5, 0.6) is 0 Å². The van der Waals surface area contributed by atoms with Crippen LogP contribution in [0.15, 0.2) is 59.4 Å². The van der Waals surface area contributed by atoms with Crippen LogP contribution in [0.1, 0.15) is 10.4 Å². The zero-order valence-electron chi connectivity index (χ0n) is 15.3. The van der Waals surface area contributed by atoms with Crippen molar-refractivity contribution in [2.75, 3.05) is 36.8 Å². The van der Waals surface area contributed by atoms with E-state index in [0.717, 1.165) is 16.6 Å². The molecule has 0 radical (unpaired) electrons. The number of hydrogen-bond acceptors (Lipinski definition) is 4. The molecule has 3 aromatic rings. The number of hydrogen-bond donors (Lipinski definition) is 1. The Balaban J connectivity index is 1.62. The van der Waals surface area contributed by atoms with Crippen molar-refractivity contribution >= 4 is 28.2 Å². The van der Waals surface area contributed by atoms with Crippen molar-refractivity contribution in [2.45, 2.75) is 0 Å². The van der Waals surface area contributed by atoms with Gasteiger partial charge in [0, 0.05) is 44.2 Å². The predicted molar refractivity (Wildman–Crippen MR) is 108 cm³/mol. The molecule has 1 fully saturated rings. The molecule has 1 aliphatic heterocycles. The molecule has 6 nitrogen and oxygen atoms in total. The van der Waals surface area contributed by atoms with Gasteiger partial charge < -0.3 is 20.1 Å². The average molecular weight is 362 g/mol. The SMILES string of the molecule is Cn1c(=O)c(N)c(N2CCN(C(=O)c3ccccc3)CC2)c2ccccc21. The third kappa shape index (κ3) is 2.93. The van der Waals surface area contributed by atoms with Gasteiger partial charge in [-0.15, -0.1) is 0 Å². The molecule has 27 heavy (non-hydrogen) atoms. The zero-order valence-corrected chi connectivity index (χ0v) is 15.3. The van der Waals surface area contributed by atoms with Gasteiger partial charge in [0.25, 0.3) is 11.5 Å². The Kier molecular flexibility index (Phi) is 4.32. The van der Waals surface area contributed by atoms with Gasteiger partial charge in [0.15, 0.2) is 0 Å². The summed E-state index contributed by atoms with van der Waals surface area (Å²) in [6.45, 7) is 2.47. The first-order valence-corrected chi connectivity index (χ1v) is 9.04. The van der Waals surface area contributed by atoms with Crippen LogP contribution in [-0.4, -0.2) is 41.6 Å². The van der Waals surface area contributed by atoms with Crippen molar-refractivity contribution in [3.05, 3.63) is 70.5 Å². The summed E-state index contributed by atoms with van der Waals surface area (Å²) in [6.07, 6.45) is 0. The molecule has 0 aliphatic carbocycles. The van der Waals surface area contributed by atoms with Crippen LogP contribution >= 0.6 is 0 Å². The summed E-state index contributed by atoms with van der Waals surface area (Å²) in [5, 5.41) is 0.958. The number of rotatable bonds is 2. The highest BCUT2D eigenvalue weighted by Gasteiger charge is 2.25. The topological polar surface area (TPSA) is 71.6 Å². The summed E-state index contributed by atoms with van der Waals surface area (Å²) in [4.78, 5) is 29.2. The quantitative estimate of drug-likeness (QED) is 0.758. The number of benzene rings is 2. The van der Waals surface area contributed by atoms with Gasteiger partial charge in [-0.05, 0) is 18.2 Å². The van der Waals surface area contributed by atoms with Crippen molar-refractivity contribution in [1.82, 2.24) is 9.47 Å². The first-order chi connectivity index (χ1) is 13.1. The average Bonchev–Trinajstić information content (AvgIpc) is 2.73. The summed E-state index contributed by atoms with van der Waals surface area (Å²) in [5.41, 5.74) is 8.62. The van der Waals surface area contributed by atoms with E-state index in [4.69, 9.17) is 5.73 Å². The van der Waals surface area contributed by atoms with Crippen molar-refractivity contribution in [3.63, 3.8) is 0 Å². The van der Waals surface area contributed by atoms with Crippen LogP contribution in [0.3, 0.4) is 0 Å². The maximum atomic E-state index is 12.7. The number of anilines is 2. The molecule has 6 heteroatoms. The number of amides is 1. The second kappa shape index (κ2) is 6.79. The van der Waals surface area contributed by atoms with Gasteiger partial charge in [0.2, 0.25) is 0 Å². The first kappa shape index (κ1) is 17.1. The Morgan fingerprint density at radius 2 is 1.56 bits per heavy atom. The molecule has 2 N–H and O–H groups in total. The fourth-order valence-corrected chi connectivity index (χ4v) is 3.74. The van der Waals surface area contributed by atoms with E-state index in [9.17, 15) is 9.59 Å². The molecule has 2 heterocycles. The van der Waals surface area contributed by atoms with E-state index >= 15 is 0 Å². The molecule has 0 spiro atoms. The molecule has 1 amide bonds. The van der Waals surface area contributed by atoms with Gasteiger partial charge in [0.05, 0.1) is 11.2 Å². The number of carbonyl (C=O) groups is 1. The van der Waals surface area contributed by atoms with Crippen LogP contribution in [0, 0.1) is 0 Å². The molecule has 1 aromatic heterocycles. The van der Waals surface area contributed by atoms with Gasteiger partial charge in [-0.3, -0.25) is 9.59 Å². The number of pyridine rings is 1. The van der Waals surface area contributed by atoms with Crippen LogP contribution in [0.4, 0.5) is 11.4 Å². The Labute approximate surface area is 157 Å². The molecule has 2 aromatic carbocycles. The molecule has 138 valence electrons. The Hall–Kier alpha value is -3.28. The predicted octanol–water partition coefficient (Wildman–Crippen LogP) is 2.08. The minimum absolute atomic E-state index is 0.0389. The number of nitrogen functional groups attached to an aromatic ring is 1. The normalized spacial score (nSPS) is 14.6. The van der Waals surface area contributed by atoms with Crippen LogP contribution in [-0.2, 0) is 7.05 Å². The van der Waals surface area contributed by atoms with Crippen LogP contribution in [0.25, 0.3) is 10.9 Å². The van der Waals surface area contributed by atoms with Gasteiger partial charge in [0.1, 0.15) is 5.69 Å². The largest absolute Gasteiger partial charge is 0.393 e. The Morgan fingerprint density at radius 3 is 2.26 bits per heavy atom. The minimum Gasteiger partial charge on any atom is -0.393 e. The first-order valence-electron chi connectivity index (χ1n) is 9.04. The third-order valence-electron chi connectivity index (χ3n) is 5.21. The molecule has 0 bridgehead atoms. The van der Waals surface area contributed by atoms with Gasteiger partial charge >= 0.3 is 0 Å². The molecule has 0 saturated carbocycles. The summed E-state index contributed by atoms with van der Waals surface area (Å²) in [6, 6.07) is 17.1. The molecular weight excluding hydrogens is 340 g/mol. The number of piperazine rings is 1. The summed E-state index contributed by atoms with van der Waals surface area (Å²) < 4.78 is 1.59. The maximum Gasteiger partial charge on any atom is 0.276 e. The summed E-state index contributed by atoms with van der Waals surface area (Å²) in [7, 11) is 1.74. The van der Waals surface area contributed by atoms with Crippen molar-refractivity contribution in [2.24, 2.45) is 7.05 Å².